The van der Waals surface area contributed by atoms with E-state index in [-0.39, 0.29) is 5.02 Å². The van der Waals surface area contributed by atoms with Gasteiger partial charge in [0.25, 0.3) is 0 Å². The molecule has 0 amide bonds. The number of carbonyl (C=O) groups is 1. The fourth-order valence-electron chi connectivity index (χ4n) is 1.33. The maximum Gasteiger partial charge on any atom is 0.416 e. The van der Waals surface area contributed by atoms with Crippen LogP contribution in [0.2, 0.25) is 5.02 Å². The van der Waals surface area contributed by atoms with Gasteiger partial charge in [0.05, 0.1) is 5.56 Å². The second-order valence-electron chi connectivity index (χ2n) is 5.10. The van der Waals surface area contributed by atoms with Crippen molar-refractivity contribution >= 4 is 23.6 Å². The summed E-state index contributed by atoms with van der Waals surface area (Å²) in [5.74, 6) is -0.589. The van der Waals surface area contributed by atoms with Gasteiger partial charge in [-0.3, -0.25) is 0 Å². The molecule has 0 spiro atoms. The summed E-state index contributed by atoms with van der Waals surface area (Å²) in [6.45, 7) is 5.14. The smallest absolute Gasteiger partial charge is 0.416 e. The Morgan fingerprint density at radius 3 is 2.30 bits per heavy atom. The molecule has 1 aromatic rings. The van der Waals surface area contributed by atoms with Gasteiger partial charge in [-0.15, -0.1) is 0 Å². The predicted octanol–water partition coefficient (Wildman–Crippen LogP) is 4.71. The van der Waals surface area contributed by atoms with Gasteiger partial charge in [-0.05, 0) is 44.5 Å². The van der Waals surface area contributed by atoms with Gasteiger partial charge < -0.3 is 4.74 Å². The van der Waals surface area contributed by atoms with Gasteiger partial charge in [-0.2, -0.15) is 13.2 Å². The Morgan fingerprint density at radius 1 is 1.25 bits per heavy atom. The Hall–Kier alpha value is -1.49. The second-order valence-corrected chi connectivity index (χ2v) is 5.51. The Balaban J connectivity index is 2.87. The van der Waals surface area contributed by atoms with Crippen LogP contribution in [0.5, 0.6) is 0 Å². The average Bonchev–Trinajstić information content (AvgIpc) is 2.23. The SMILES string of the molecule is CC(C)(C)OC(=O)/C=C/c1ccc(C(F)(F)F)cc1Cl. The van der Waals surface area contributed by atoms with E-state index in [4.69, 9.17) is 16.3 Å². The lowest BCUT2D eigenvalue weighted by Gasteiger charge is -2.17. The lowest BCUT2D eigenvalue weighted by Crippen LogP contribution is -2.22. The van der Waals surface area contributed by atoms with Crippen molar-refractivity contribution in [2.45, 2.75) is 32.5 Å². The number of hydrogen-bond acceptors (Lipinski definition) is 2. The molecule has 2 nitrogen and oxygen atoms in total. The van der Waals surface area contributed by atoms with E-state index in [2.05, 4.69) is 0 Å². The molecule has 1 aromatic carbocycles. The number of benzene rings is 1. The van der Waals surface area contributed by atoms with Gasteiger partial charge >= 0.3 is 12.1 Å². The summed E-state index contributed by atoms with van der Waals surface area (Å²) in [6, 6.07) is 2.92. The van der Waals surface area contributed by atoms with E-state index < -0.39 is 23.3 Å². The highest BCUT2D eigenvalue weighted by molar-refractivity contribution is 6.32. The van der Waals surface area contributed by atoms with E-state index in [1.54, 1.807) is 20.8 Å². The number of rotatable bonds is 2. The maximum atomic E-state index is 12.4. The molecule has 20 heavy (non-hydrogen) atoms. The Labute approximate surface area is 120 Å². The molecule has 0 fully saturated rings. The van der Waals surface area contributed by atoms with Crippen LogP contribution < -0.4 is 0 Å². The third-order valence-corrected chi connectivity index (χ3v) is 2.46. The maximum absolute atomic E-state index is 12.4. The normalized spacial score (nSPS) is 12.8. The molecule has 0 aliphatic carbocycles. The summed E-state index contributed by atoms with van der Waals surface area (Å²) in [5.41, 5.74) is -1.16. The van der Waals surface area contributed by atoms with Crippen molar-refractivity contribution in [1.82, 2.24) is 0 Å². The zero-order valence-corrected chi connectivity index (χ0v) is 12.0. The summed E-state index contributed by atoms with van der Waals surface area (Å²) in [7, 11) is 0. The Kier molecular flexibility index (Phi) is 4.86. The molecule has 0 heterocycles. The van der Waals surface area contributed by atoms with E-state index in [0.717, 1.165) is 18.2 Å². The van der Waals surface area contributed by atoms with Crippen LogP contribution in [0.15, 0.2) is 24.3 Å². The Bertz CT molecular complexity index is 528. The first-order valence-corrected chi connectivity index (χ1v) is 6.14. The quantitative estimate of drug-likeness (QED) is 0.584. The van der Waals surface area contributed by atoms with Crippen LogP contribution in [-0.2, 0) is 15.7 Å². The average molecular weight is 307 g/mol. The highest BCUT2D eigenvalue weighted by Crippen LogP contribution is 2.32. The first-order chi connectivity index (χ1) is 8.99. The standard InChI is InChI=1S/C14H14ClF3O2/c1-13(2,3)20-12(19)7-5-9-4-6-10(8-11(9)15)14(16,17)18/h4-8H,1-3H3/b7-5+. The summed E-state index contributed by atoms with van der Waals surface area (Å²) >= 11 is 5.75. The monoisotopic (exact) mass is 306 g/mol. The molecule has 110 valence electrons. The molecule has 0 aliphatic heterocycles. The number of ether oxygens (including phenoxy) is 1. The van der Waals surface area contributed by atoms with E-state index in [1.807, 2.05) is 0 Å². The molecule has 0 aromatic heterocycles. The molecule has 0 atom stereocenters. The van der Waals surface area contributed by atoms with Gasteiger partial charge in [-0.25, -0.2) is 4.79 Å². The molecular weight excluding hydrogens is 293 g/mol. The molecule has 0 radical (unpaired) electrons. The summed E-state index contributed by atoms with van der Waals surface area (Å²) in [5, 5.41) is -0.0837. The second kappa shape index (κ2) is 5.87. The lowest BCUT2D eigenvalue weighted by molar-refractivity contribution is -0.148. The molecular formula is C14H14ClF3O2. The molecule has 0 bridgehead atoms. The van der Waals surface area contributed by atoms with Crippen molar-refractivity contribution in [3.05, 3.63) is 40.4 Å². The topological polar surface area (TPSA) is 26.3 Å². The van der Waals surface area contributed by atoms with Gasteiger partial charge in [0, 0.05) is 11.1 Å². The number of hydrogen-bond donors (Lipinski definition) is 0. The van der Waals surface area contributed by atoms with Crippen molar-refractivity contribution in [3.8, 4) is 0 Å². The Morgan fingerprint density at radius 2 is 1.85 bits per heavy atom. The number of carbonyl (C=O) groups excluding carboxylic acids is 1. The highest BCUT2D eigenvalue weighted by Gasteiger charge is 2.30. The van der Waals surface area contributed by atoms with Crippen molar-refractivity contribution in [1.29, 1.82) is 0 Å². The first kappa shape index (κ1) is 16.6. The zero-order chi connectivity index (χ0) is 15.6. The number of alkyl halides is 3. The highest BCUT2D eigenvalue weighted by atomic mass is 35.5. The zero-order valence-electron chi connectivity index (χ0n) is 11.2. The minimum Gasteiger partial charge on any atom is -0.457 e. The number of halogens is 4. The fourth-order valence-corrected chi connectivity index (χ4v) is 1.58. The summed E-state index contributed by atoms with van der Waals surface area (Å²) in [4.78, 5) is 11.4. The van der Waals surface area contributed by atoms with Crippen LogP contribution in [0.1, 0.15) is 31.9 Å². The van der Waals surface area contributed by atoms with E-state index >= 15 is 0 Å². The van der Waals surface area contributed by atoms with E-state index in [1.165, 1.54) is 12.1 Å². The molecule has 0 saturated carbocycles. The van der Waals surface area contributed by atoms with Crippen LogP contribution in [0, 0.1) is 0 Å². The van der Waals surface area contributed by atoms with E-state index in [0.29, 0.717) is 5.56 Å². The van der Waals surface area contributed by atoms with Crippen LogP contribution >= 0.6 is 11.6 Å². The largest absolute Gasteiger partial charge is 0.457 e. The van der Waals surface area contributed by atoms with Gasteiger partial charge in [0.2, 0.25) is 0 Å². The third-order valence-electron chi connectivity index (χ3n) is 2.13. The van der Waals surface area contributed by atoms with Gasteiger partial charge in [0.15, 0.2) is 0 Å². The minimum absolute atomic E-state index is 0.0837. The molecule has 1 rings (SSSR count). The molecule has 0 unspecified atom stereocenters. The van der Waals surface area contributed by atoms with E-state index in [9.17, 15) is 18.0 Å². The van der Waals surface area contributed by atoms with Gasteiger partial charge in [-0.1, -0.05) is 17.7 Å². The summed E-state index contributed by atoms with van der Waals surface area (Å²) in [6.07, 6.45) is -2.01. The molecule has 0 aliphatic rings. The number of esters is 1. The lowest BCUT2D eigenvalue weighted by atomic mass is 10.1. The minimum atomic E-state index is -4.45. The van der Waals surface area contributed by atoms with Crippen molar-refractivity contribution in [3.63, 3.8) is 0 Å². The third kappa shape index (κ3) is 5.25. The van der Waals surface area contributed by atoms with Crippen LogP contribution in [0.25, 0.3) is 6.08 Å². The van der Waals surface area contributed by atoms with Crippen LogP contribution in [0.3, 0.4) is 0 Å². The van der Waals surface area contributed by atoms with Crippen LogP contribution in [0.4, 0.5) is 13.2 Å². The predicted molar refractivity (Wildman–Crippen MR) is 71.3 cm³/mol. The molecule has 0 saturated heterocycles. The van der Waals surface area contributed by atoms with Crippen molar-refractivity contribution in [2.75, 3.05) is 0 Å². The summed E-state index contributed by atoms with van der Waals surface area (Å²) < 4.78 is 42.4. The fraction of sp³-hybridized carbons (Fsp3) is 0.357. The first-order valence-electron chi connectivity index (χ1n) is 5.77. The van der Waals surface area contributed by atoms with Crippen molar-refractivity contribution < 1.29 is 22.7 Å². The van der Waals surface area contributed by atoms with Gasteiger partial charge in [0.1, 0.15) is 5.60 Å². The molecule has 0 N–H and O–H groups in total. The van der Waals surface area contributed by atoms with Crippen molar-refractivity contribution in [2.24, 2.45) is 0 Å². The van der Waals surface area contributed by atoms with Crippen LogP contribution in [-0.4, -0.2) is 11.6 Å². The molecule has 6 heteroatoms.